The molecule has 36 heavy (non-hydrogen) atoms. The first kappa shape index (κ1) is 21.2. The number of H-pyrrole nitrogens is 1. The van der Waals surface area contributed by atoms with Gasteiger partial charge in [0, 0.05) is 23.2 Å². The van der Waals surface area contributed by atoms with Crippen LogP contribution in [0.3, 0.4) is 0 Å². The normalized spacial score (nSPS) is 18.5. The average molecular weight is 478 g/mol. The Hall–Kier alpha value is -4.13. The van der Waals surface area contributed by atoms with Gasteiger partial charge in [-0.2, -0.15) is 0 Å². The Morgan fingerprint density at radius 1 is 1.06 bits per heavy atom. The molecular formula is C29H27N5O2. The highest BCUT2D eigenvalue weighted by atomic mass is 16.3. The van der Waals surface area contributed by atoms with E-state index in [4.69, 9.17) is 4.42 Å². The Balaban J connectivity index is 1.30. The summed E-state index contributed by atoms with van der Waals surface area (Å²) in [4.78, 5) is 26.4. The number of para-hydroxylation sites is 2. The largest absolute Gasteiger partial charge is 0.436 e. The minimum atomic E-state index is 0.0438. The monoisotopic (exact) mass is 477 g/mol. The van der Waals surface area contributed by atoms with E-state index in [1.807, 2.05) is 71.6 Å². The Morgan fingerprint density at radius 2 is 1.89 bits per heavy atom. The highest BCUT2D eigenvalue weighted by molar-refractivity contribution is 6.01. The molecular weight excluding hydrogens is 450 g/mol. The van der Waals surface area contributed by atoms with Gasteiger partial charge in [-0.05, 0) is 54.7 Å². The fourth-order valence-electron chi connectivity index (χ4n) is 5.83. The Bertz CT molecular complexity index is 1740. The Morgan fingerprint density at radius 3 is 2.72 bits per heavy atom. The van der Waals surface area contributed by atoms with Gasteiger partial charge in [-0.3, -0.25) is 9.13 Å². The first-order valence-corrected chi connectivity index (χ1v) is 12.7. The van der Waals surface area contributed by atoms with Crippen molar-refractivity contribution in [1.82, 2.24) is 24.1 Å². The maximum atomic E-state index is 14.0. The minimum absolute atomic E-state index is 0.0438. The summed E-state index contributed by atoms with van der Waals surface area (Å²) >= 11 is 0. The lowest BCUT2D eigenvalue weighted by Crippen LogP contribution is -2.32. The van der Waals surface area contributed by atoms with E-state index in [0.29, 0.717) is 18.4 Å². The maximum absolute atomic E-state index is 14.0. The predicted molar refractivity (Wildman–Crippen MR) is 141 cm³/mol. The van der Waals surface area contributed by atoms with Gasteiger partial charge in [0.05, 0.1) is 23.8 Å². The fraction of sp³-hybridized carbons (Fsp3) is 0.276. The molecule has 1 N–H and O–H groups in total. The molecule has 0 bridgehead atoms. The third-order valence-corrected chi connectivity index (χ3v) is 7.74. The van der Waals surface area contributed by atoms with Gasteiger partial charge < -0.3 is 9.40 Å². The average Bonchev–Trinajstić information content (AvgIpc) is 3.61. The number of aromatic nitrogens is 5. The second-order valence-corrected chi connectivity index (χ2v) is 9.98. The third kappa shape index (κ3) is 3.30. The predicted octanol–water partition coefficient (Wildman–Crippen LogP) is 6.29. The van der Waals surface area contributed by atoms with E-state index in [2.05, 4.69) is 26.4 Å². The van der Waals surface area contributed by atoms with Gasteiger partial charge in [0.25, 0.3) is 0 Å². The zero-order chi connectivity index (χ0) is 24.2. The van der Waals surface area contributed by atoms with E-state index in [0.717, 1.165) is 63.6 Å². The molecule has 2 aromatic carbocycles. The number of nitrogens with zero attached hydrogens (tertiary/aromatic N) is 4. The first-order valence-electron chi connectivity index (χ1n) is 12.7. The molecule has 7 rings (SSSR count). The SMILES string of the molecule is C[C@@H]1CCCC[C@@H]1n1c(=O)n(Cc2ccc(-c3nc4ccccc4o3)cc2)c2cnc3[nH]ccc3c21. The molecule has 6 aromatic rings. The van der Waals surface area contributed by atoms with E-state index in [-0.39, 0.29) is 11.7 Å². The number of fused-ring (bicyclic) bond motifs is 4. The van der Waals surface area contributed by atoms with Crippen molar-refractivity contribution in [3.8, 4) is 11.5 Å². The van der Waals surface area contributed by atoms with Crippen LogP contribution >= 0.6 is 0 Å². The van der Waals surface area contributed by atoms with Crippen molar-refractivity contribution < 1.29 is 4.42 Å². The lowest BCUT2D eigenvalue weighted by Gasteiger charge is -2.29. The molecule has 180 valence electrons. The molecule has 0 amide bonds. The van der Waals surface area contributed by atoms with Crippen LogP contribution in [0.15, 0.2) is 76.2 Å². The fourth-order valence-corrected chi connectivity index (χ4v) is 5.83. The molecule has 7 nitrogen and oxygen atoms in total. The lowest BCUT2D eigenvalue weighted by atomic mass is 9.85. The van der Waals surface area contributed by atoms with Crippen LogP contribution in [-0.2, 0) is 6.54 Å². The van der Waals surface area contributed by atoms with Crippen LogP contribution in [0.25, 0.3) is 44.6 Å². The lowest BCUT2D eigenvalue weighted by molar-refractivity contribution is 0.256. The van der Waals surface area contributed by atoms with Crippen LogP contribution in [-0.4, -0.2) is 24.1 Å². The first-order chi connectivity index (χ1) is 17.7. The van der Waals surface area contributed by atoms with Crippen molar-refractivity contribution in [2.45, 2.75) is 45.2 Å². The van der Waals surface area contributed by atoms with Crippen molar-refractivity contribution >= 4 is 33.2 Å². The summed E-state index contributed by atoms with van der Waals surface area (Å²) in [5, 5.41) is 1.01. The summed E-state index contributed by atoms with van der Waals surface area (Å²) in [6, 6.07) is 18.1. The molecule has 4 aromatic heterocycles. The molecule has 0 aliphatic heterocycles. The zero-order valence-electron chi connectivity index (χ0n) is 20.1. The van der Waals surface area contributed by atoms with Crippen LogP contribution in [0, 0.1) is 5.92 Å². The van der Waals surface area contributed by atoms with Crippen molar-refractivity contribution in [3.63, 3.8) is 0 Å². The van der Waals surface area contributed by atoms with Crippen molar-refractivity contribution in [3.05, 3.63) is 83.0 Å². The number of nitrogens with one attached hydrogen (secondary N) is 1. The van der Waals surface area contributed by atoms with Crippen LogP contribution in [0.2, 0.25) is 0 Å². The van der Waals surface area contributed by atoms with Gasteiger partial charge in [0.2, 0.25) is 5.89 Å². The molecule has 0 saturated heterocycles. The summed E-state index contributed by atoms with van der Waals surface area (Å²) in [6.45, 7) is 2.76. The quantitative estimate of drug-likeness (QED) is 0.324. The summed E-state index contributed by atoms with van der Waals surface area (Å²) < 4.78 is 9.86. The van der Waals surface area contributed by atoms with E-state index in [1.54, 1.807) is 0 Å². The number of hydrogen-bond donors (Lipinski definition) is 1. The number of hydrogen-bond acceptors (Lipinski definition) is 4. The third-order valence-electron chi connectivity index (χ3n) is 7.74. The summed E-state index contributed by atoms with van der Waals surface area (Å²) in [5.41, 5.74) is 6.31. The Labute approximate surface area is 207 Å². The van der Waals surface area contributed by atoms with Crippen molar-refractivity contribution in [2.24, 2.45) is 5.92 Å². The molecule has 0 unspecified atom stereocenters. The zero-order valence-corrected chi connectivity index (χ0v) is 20.1. The molecule has 1 saturated carbocycles. The van der Waals surface area contributed by atoms with E-state index < -0.39 is 0 Å². The number of rotatable bonds is 4. The number of benzene rings is 2. The van der Waals surface area contributed by atoms with Crippen LogP contribution in [0.1, 0.15) is 44.2 Å². The maximum Gasteiger partial charge on any atom is 0.329 e. The number of aromatic amines is 1. The molecule has 1 aliphatic carbocycles. The number of pyridine rings is 1. The highest BCUT2D eigenvalue weighted by Crippen LogP contribution is 2.36. The summed E-state index contributed by atoms with van der Waals surface area (Å²) in [6.07, 6.45) is 8.33. The number of imidazole rings is 1. The van der Waals surface area contributed by atoms with Crippen molar-refractivity contribution in [1.29, 1.82) is 0 Å². The van der Waals surface area contributed by atoms with E-state index >= 15 is 0 Å². The van der Waals surface area contributed by atoms with E-state index in [9.17, 15) is 4.79 Å². The molecule has 0 radical (unpaired) electrons. The topological polar surface area (TPSA) is 81.6 Å². The van der Waals surface area contributed by atoms with Gasteiger partial charge in [0.15, 0.2) is 5.58 Å². The van der Waals surface area contributed by atoms with Crippen LogP contribution < -0.4 is 5.69 Å². The molecule has 4 heterocycles. The number of oxazole rings is 1. The Kier molecular flexibility index (Phi) is 4.84. The standard InChI is InChI=1S/C29H27N5O2/c1-18-6-2-4-8-23(18)34-26-21-14-15-30-27(21)31-16-24(26)33(29(34)35)17-19-10-12-20(13-11-19)28-32-22-7-3-5-9-25(22)36-28/h3,5,7,9-16,18,23H,2,4,6,8,17H2,1H3,(H,30,31)/t18-,23+/m1/s1. The van der Waals surface area contributed by atoms with Crippen LogP contribution in [0.5, 0.6) is 0 Å². The van der Waals surface area contributed by atoms with Gasteiger partial charge in [-0.15, -0.1) is 0 Å². The second-order valence-electron chi connectivity index (χ2n) is 9.98. The minimum Gasteiger partial charge on any atom is -0.436 e. The summed E-state index contributed by atoms with van der Waals surface area (Å²) in [7, 11) is 0. The second kappa shape index (κ2) is 8.22. The molecule has 1 fully saturated rings. The van der Waals surface area contributed by atoms with Gasteiger partial charge in [-0.1, -0.05) is 44.0 Å². The molecule has 0 spiro atoms. The summed E-state index contributed by atoms with van der Waals surface area (Å²) in [5.74, 6) is 1.06. The highest BCUT2D eigenvalue weighted by Gasteiger charge is 2.28. The van der Waals surface area contributed by atoms with Gasteiger partial charge in [0.1, 0.15) is 11.2 Å². The van der Waals surface area contributed by atoms with Gasteiger partial charge >= 0.3 is 5.69 Å². The molecule has 7 heteroatoms. The molecule has 2 atom stereocenters. The van der Waals surface area contributed by atoms with Crippen molar-refractivity contribution in [2.75, 3.05) is 0 Å². The molecule has 1 aliphatic rings. The smallest absolute Gasteiger partial charge is 0.329 e. The van der Waals surface area contributed by atoms with Gasteiger partial charge in [-0.25, -0.2) is 14.8 Å². The van der Waals surface area contributed by atoms with E-state index in [1.165, 1.54) is 6.42 Å². The van der Waals surface area contributed by atoms with Crippen LogP contribution in [0.4, 0.5) is 0 Å².